The lowest BCUT2D eigenvalue weighted by Gasteiger charge is -2.19. The van der Waals surface area contributed by atoms with E-state index in [1.54, 1.807) is 28.4 Å². The number of anilines is 1. The van der Waals surface area contributed by atoms with Crippen LogP contribution in [0.1, 0.15) is 17.0 Å². The van der Waals surface area contributed by atoms with Crippen molar-refractivity contribution in [2.24, 2.45) is 7.05 Å². The number of nitrogens with one attached hydrogen (secondary N) is 2. The molecule has 0 atom stereocenters. The fourth-order valence-electron chi connectivity index (χ4n) is 2.67. The third kappa shape index (κ3) is 4.71. The lowest BCUT2D eigenvalue weighted by atomic mass is 10.2. The minimum atomic E-state index is -0.132. The highest BCUT2D eigenvalue weighted by Gasteiger charge is 2.14. The first kappa shape index (κ1) is 19.0. The van der Waals surface area contributed by atoms with Crippen molar-refractivity contribution in [2.75, 3.05) is 18.9 Å². The van der Waals surface area contributed by atoms with E-state index in [4.69, 9.17) is 0 Å². The van der Waals surface area contributed by atoms with Gasteiger partial charge >= 0.3 is 6.03 Å². The van der Waals surface area contributed by atoms with Crippen molar-refractivity contribution in [3.8, 4) is 0 Å². The second-order valence-corrected chi connectivity index (χ2v) is 7.54. The van der Waals surface area contributed by atoms with Crippen LogP contribution in [0.25, 0.3) is 0 Å². The van der Waals surface area contributed by atoms with E-state index in [9.17, 15) is 4.79 Å². The quantitative estimate of drug-likeness (QED) is 0.680. The highest BCUT2D eigenvalue weighted by atomic mass is 32.2. The molecule has 0 fully saturated rings. The molecule has 0 spiro atoms. The molecule has 27 heavy (non-hydrogen) atoms. The number of carbonyl (C=O) groups is 1. The van der Waals surface area contributed by atoms with Crippen LogP contribution < -0.4 is 5.32 Å². The largest absolute Gasteiger partial charge is 0.327 e. The maximum absolute atomic E-state index is 12.6. The predicted molar refractivity (Wildman–Crippen MR) is 107 cm³/mol. The van der Waals surface area contributed by atoms with Gasteiger partial charge in [0.25, 0.3) is 0 Å². The third-order valence-electron chi connectivity index (χ3n) is 4.24. The Hall–Kier alpha value is -2.74. The molecule has 0 bridgehead atoms. The SMILES string of the molecule is Cc1n[nH]c(C)c1Sc1ccccc1NC(=O)N(C)CCc1cnn(C)c1. The number of aromatic nitrogens is 4. The van der Waals surface area contributed by atoms with E-state index >= 15 is 0 Å². The summed E-state index contributed by atoms with van der Waals surface area (Å²) >= 11 is 1.60. The van der Waals surface area contributed by atoms with Gasteiger partial charge in [0.2, 0.25) is 0 Å². The molecule has 1 aromatic carbocycles. The maximum atomic E-state index is 12.6. The second kappa shape index (κ2) is 8.30. The molecule has 3 aromatic rings. The molecule has 0 saturated heterocycles. The van der Waals surface area contributed by atoms with E-state index in [2.05, 4.69) is 20.6 Å². The molecule has 0 radical (unpaired) electrons. The zero-order chi connectivity index (χ0) is 19.4. The van der Waals surface area contributed by atoms with Gasteiger partial charge in [-0.2, -0.15) is 10.2 Å². The summed E-state index contributed by atoms with van der Waals surface area (Å²) in [4.78, 5) is 16.3. The van der Waals surface area contributed by atoms with Gasteiger partial charge in [-0.25, -0.2) is 4.79 Å². The Morgan fingerprint density at radius 3 is 2.78 bits per heavy atom. The van der Waals surface area contributed by atoms with E-state index < -0.39 is 0 Å². The lowest BCUT2D eigenvalue weighted by Crippen LogP contribution is -2.33. The van der Waals surface area contributed by atoms with Gasteiger partial charge in [0, 0.05) is 37.4 Å². The van der Waals surface area contributed by atoms with Crippen molar-refractivity contribution in [2.45, 2.75) is 30.1 Å². The number of nitrogens with zero attached hydrogens (tertiary/aromatic N) is 4. The Kier molecular flexibility index (Phi) is 5.85. The van der Waals surface area contributed by atoms with Gasteiger partial charge in [0.05, 0.1) is 22.5 Å². The average molecular weight is 385 g/mol. The van der Waals surface area contributed by atoms with Crippen molar-refractivity contribution in [3.63, 3.8) is 0 Å². The van der Waals surface area contributed by atoms with E-state index in [0.717, 1.165) is 38.9 Å². The van der Waals surface area contributed by atoms with Crippen LogP contribution in [0.15, 0.2) is 46.5 Å². The summed E-state index contributed by atoms with van der Waals surface area (Å²) in [5.74, 6) is 0. The van der Waals surface area contributed by atoms with Crippen molar-refractivity contribution >= 4 is 23.5 Å². The summed E-state index contributed by atoms with van der Waals surface area (Å²) in [5.41, 5.74) is 3.87. The number of aryl methyl sites for hydroxylation is 3. The third-order valence-corrected chi connectivity index (χ3v) is 5.62. The van der Waals surface area contributed by atoms with Crippen LogP contribution in [0.3, 0.4) is 0 Å². The fraction of sp³-hybridized carbons (Fsp3) is 0.316. The number of benzene rings is 1. The van der Waals surface area contributed by atoms with Gasteiger partial charge < -0.3 is 10.2 Å². The zero-order valence-corrected chi connectivity index (χ0v) is 16.8. The molecule has 0 unspecified atom stereocenters. The summed E-state index contributed by atoms with van der Waals surface area (Å²) in [7, 11) is 3.68. The molecule has 0 saturated carbocycles. The smallest absolute Gasteiger partial charge is 0.321 e. The Bertz CT molecular complexity index is 912. The number of hydrogen-bond donors (Lipinski definition) is 2. The van der Waals surface area contributed by atoms with Crippen LogP contribution in [0.5, 0.6) is 0 Å². The molecule has 0 aliphatic carbocycles. The van der Waals surface area contributed by atoms with Crippen molar-refractivity contribution in [1.29, 1.82) is 0 Å². The number of amides is 2. The molecule has 0 aliphatic heterocycles. The zero-order valence-electron chi connectivity index (χ0n) is 16.0. The van der Waals surface area contributed by atoms with Gasteiger partial charge in [0.15, 0.2) is 0 Å². The summed E-state index contributed by atoms with van der Waals surface area (Å²) in [5, 5.41) is 14.4. The summed E-state index contributed by atoms with van der Waals surface area (Å²) < 4.78 is 1.77. The van der Waals surface area contributed by atoms with Crippen molar-refractivity contribution < 1.29 is 4.79 Å². The number of aromatic amines is 1. The van der Waals surface area contributed by atoms with Gasteiger partial charge in [-0.1, -0.05) is 23.9 Å². The minimum absolute atomic E-state index is 0.132. The summed E-state index contributed by atoms with van der Waals surface area (Å²) in [6.45, 7) is 4.59. The number of para-hydroxylation sites is 1. The molecule has 0 aliphatic rings. The maximum Gasteiger partial charge on any atom is 0.321 e. The van der Waals surface area contributed by atoms with E-state index in [1.165, 1.54) is 0 Å². The second-order valence-electron chi connectivity index (χ2n) is 6.49. The van der Waals surface area contributed by atoms with Crippen molar-refractivity contribution in [3.05, 3.63) is 53.6 Å². The average Bonchev–Trinajstić information content (AvgIpc) is 3.21. The van der Waals surface area contributed by atoms with Gasteiger partial charge in [-0.15, -0.1) is 0 Å². The molecular weight excluding hydrogens is 360 g/mol. The van der Waals surface area contributed by atoms with Gasteiger partial charge in [-0.3, -0.25) is 9.78 Å². The minimum Gasteiger partial charge on any atom is -0.327 e. The van der Waals surface area contributed by atoms with Crippen LogP contribution in [-0.2, 0) is 13.5 Å². The van der Waals surface area contributed by atoms with Crippen LogP contribution >= 0.6 is 11.8 Å². The molecule has 2 amide bonds. The predicted octanol–water partition coefficient (Wildman–Crippen LogP) is 3.62. The number of hydrogen-bond acceptors (Lipinski definition) is 4. The number of rotatable bonds is 6. The topological polar surface area (TPSA) is 78.8 Å². The van der Waals surface area contributed by atoms with E-state index in [1.807, 2.05) is 57.6 Å². The lowest BCUT2D eigenvalue weighted by molar-refractivity contribution is 0.223. The first-order chi connectivity index (χ1) is 12.9. The Balaban J connectivity index is 1.65. The monoisotopic (exact) mass is 384 g/mol. The van der Waals surface area contributed by atoms with Crippen LogP contribution in [-0.4, -0.2) is 44.5 Å². The Labute approximate surface area is 163 Å². The first-order valence-corrected chi connectivity index (χ1v) is 9.53. The van der Waals surface area contributed by atoms with Gasteiger partial charge in [0.1, 0.15) is 0 Å². The van der Waals surface area contributed by atoms with E-state index in [-0.39, 0.29) is 6.03 Å². The van der Waals surface area contributed by atoms with Gasteiger partial charge in [-0.05, 0) is 38.0 Å². The number of H-pyrrole nitrogens is 1. The number of carbonyl (C=O) groups excluding carboxylic acids is 1. The fourth-order valence-corrected chi connectivity index (χ4v) is 3.66. The Morgan fingerprint density at radius 2 is 2.11 bits per heavy atom. The van der Waals surface area contributed by atoms with Crippen LogP contribution in [0, 0.1) is 13.8 Å². The molecule has 2 N–H and O–H groups in total. The van der Waals surface area contributed by atoms with Crippen molar-refractivity contribution in [1.82, 2.24) is 24.9 Å². The highest BCUT2D eigenvalue weighted by molar-refractivity contribution is 7.99. The van der Waals surface area contributed by atoms with Crippen LogP contribution in [0.2, 0.25) is 0 Å². The molecule has 2 aromatic heterocycles. The number of urea groups is 1. The molecule has 2 heterocycles. The highest BCUT2D eigenvalue weighted by Crippen LogP contribution is 2.36. The van der Waals surface area contributed by atoms with E-state index in [0.29, 0.717) is 6.54 Å². The molecule has 8 heteroatoms. The molecule has 142 valence electrons. The first-order valence-electron chi connectivity index (χ1n) is 8.72. The normalized spacial score (nSPS) is 10.8. The molecular formula is C19H24N6OS. The standard InChI is InChI=1S/C19H24N6OS/c1-13-18(14(2)23-22-13)27-17-8-6-5-7-16(17)21-19(26)24(3)10-9-15-11-20-25(4)12-15/h5-8,11-12H,9-10H2,1-4H3,(H,21,26)(H,22,23). The molecule has 7 nitrogen and oxygen atoms in total. The van der Waals surface area contributed by atoms with Crippen LogP contribution in [0.4, 0.5) is 10.5 Å². The Morgan fingerprint density at radius 1 is 1.33 bits per heavy atom. The summed E-state index contributed by atoms with van der Waals surface area (Å²) in [6.07, 6.45) is 4.56. The number of likely N-dealkylation sites (N-methyl/N-ethyl adjacent to an activating group) is 1. The molecule has 3 rings (SSSR count). The summed E-state index contributed by atoms with van der Waals surface area (Å²) in [6, 6.07) is 7.67.